The van der Waals surface area contributed by atoms with Crippen LogP contribution in [0, 0.1) is 11.7 Å². The van der Waals surface area contributed by atoms with E-state index in [1.54, 1.807) is 6.07 Å². The molecule has 0 aliphatic carbocycles. The van der Waals surface area contributed by atoms with Crippen molar-refractivity contribution in [3.8, 4) is 0 Å². The normalized spacial score (nSPS) is 25.7. The number of benzene rings is 1. The molecule has 1 aliphatic rings. The number of halogens is 3. The third-order valence-corrected chi connectivity index (χ3v) is 4.45. The first-order valence-electron chi connectivity index (χ1n) is 5.32. The van der Waals surface area contributed by atoms with Crippen molar-refractivity contribution in [2.24, 2.45) is 5.92 Å². The molecule has 1 aliphatic heterocycles. The minimum Gasteiger partial charge on any atom is -0.381 e. The second kappa shape index (κ2) is 5.48. The summed E-state index contributed by atoms with van der Waals surface area (Å²) in [6, 6.07) is 4.50. The molecule has 16 heavy (non-hydrogen) atoms. The Morgan fingerprint density at radius 1 is 1.50 bits per heavy atom. The lowest BCUT2D eigenvalue weighted by Gasteiger charge is -2.27. The monoisotopic (exact) mass is 306 g/mol. The van der Waals surface area contributed by atoms with Crippen LogP contribution in [0.4, 0.5) is 4.39 Å². The Labute approximate surface area is 108 Å². The Morgan fingerprint density at radius 2 is 2.31 bits per heavy atom. The van der Waals surface area contributed by atoms with Crippen molar-refractivity contribution < 1.29 is 9.13 Å². The highest BCUT2D eigenvalue weighted by Gasteiger charge is 2.24. The van der Waals surface area contributed by atoms with Crippen molar-refractivity contribution in [1.29, 1.82) is 0 Å². The molecule has 0 aromatic heterocycles. The third-order valence-electron chi connectivity index (χ3n) is 2.87. The lowest BCUT2D eigenvalue weighted by Crippen LogP contribution is -2.29. The summed E-state index contributed by atoms with van der Waals surface area (Å²) >= 11 is 9.68. The Bertz CT molecular complexity index is 372. The summed E-state index contributed by atoms with van der Waals surface area (Å²) in [4.78, 5) is 0.431. The highest BCUT2D eigenvalue weighted by atomic mass is 79.9. The van der Waals surface area contributed by atoms with Crippen molar-refractivity contribution >= 4 is 27.5 Å². The van der Waals surface area contributed by atoms with Gasteiger partial charge in [0.1, 0.15) is 5.82 Å². The number of alkyl halides is 1. The minimum absolute atomic E-state index is 0.234. The van der Waals surface area contributed by atoms with Gasteiger partial charge in [0.15, 0.2) is 0 Å². The second-order valence-electron chi connectivity index (χ2n) is 4.08. The van der Waals surface area contributed by atoms with E-state index in [1.165, 1.54) is 12.1 Å². The van der Waals surface area contributed by atoms with Gasteiger partial charge in [-0.2, -0.15) is 0 Å². The van der Waals surface area contributed by atoms with Gasteiger partial charge >= 0.3 is 0 Å². The predicted molar refractivity (Wildman–Crippen MR) is 66.8 cm³/mol. The van der Waals surface area contributed by atoms with E-state index in [0.717, 1.165) is 25.0 Å². The van der Waals surface area contributed by atoms with Crippen LogP contribution in [0.3, 0.4) is 0 Å². The summed E-state index contributed by atoms with van der Waals surface area (Å²) in [5, 5.41) is 0.631. The van der Waals surface area contributed by atoms with Crippen LogP contribution in [0.15, 0.2) is 18.2 Å². The molecule has 2 atom stereocenters. The fourth-order valence-electron chi connectivity index (χ4n) is 1.94. The summed E-state index contributed by atoms with van der Waals surface area (Å²) < 4.78 is 18.5. The molecule has 1 fully saturated rings. The molecule has 0 saturated carbocycles. The van der Waals surface area contributed by atoms with Crippen molar-refractivity contribution in [3.05, 3.63) is 34.6 Å². The van der Waals surface area contributed by atoms with E-state index in [9.17, 15) is 4.39 Å². The van der Waals surface area contributed by atoms with E-state index in [0.29, 0.717) is 22.4 Å². The molecule has 0 bridgehead atoms. The van der Waals surface area contributed by atoms with Gasteiger partial charge in [0.05, 0.1) is 6.61 Å². The molecule has 1 nitrogen and oxygen atoms in total. The number of rotatable bonds is 2. The fraction of sp³-hybridized carbons (Fsp3) is 0.500. The molecule has 1 heterocycles. The smallest absolute Gasteiger partial charge is 0.123 e. The van der Waals surface area contributed by atoms with Crippen LogP contribution < -0.4 is 0 Å². The molecule has 1 saturated heterocycles. The SMILES string of the molecule is Fc1ccc(Cl)c(CC2COCCC2Br)c1. The van der Waals surface area contributed by atoms with Crippen molar-refractivity contribution in [2.45, 2.75) is 17.7 Å². The molecular formula is C12H13BrClFO. The molecule has 1 aromatic carbocycles. The quantitative estimate of drug-likeness (QED) is 0.755. The Hall–Kier alpha value is -0.120. The van der Waals surface area contributed by atoms with Crippen molar-refractivity contribution in [1.82, 2.24) is 0 Å². The van der Waals surface area contributed by atoms with Gasteiger partial charge in [-0.25, -0.2) is 4.39 Å². The van der Waals surface area contributed by atoms with Crippen LogP contribution in [-0.4, -0.2) is 18.0 Å². The van der Waals surface area contributed by atoms with Crippen LogP contribution in [0.2, 0.25) is 5.02 Å². The van der Waals surface area contributed by atoms with Gasteiger partial charge in [-0.3, -0.25) is 0 Å². The van der Waals surface area contributed by atoms with Crippen molar-refractivity contribution in [2.75, 3.05) is 13.2 Å². The van der Waals surface area contributed by atoms with E-state index in [-0.39, 0.29) is 5.82 Å². The second-order valence-corrected chi connectivity index (χ2v) is 5.66. The van der Waals surface area contributed by atoms with Gasteiger partial charge in [0.2, 0.25) is 0 Å². The zero-order valence-electron chi connectivity index (χ0n) is 8.76. The maximum absolute atomic E-state index is 13.1. The molecule has 0 radical (unpaired) electrons. The average Bonchev–Trinajstić information content (AvgIpc) is 2.27. The summed E-state index contributed by atoms with van der Waals surface area (Å²) in [6.45, 7) is 1.51. The number of hydrogen-bond donors (Lipinski definition) is 0. The van der Waals surface area contributed by atoms with Gasteiger partial charge in [-0.1, -0.05) is 27.5 Å². The Kier molecular flexibility index (Phi) is 4.22. The first-order valence-corrected chi connectivity index (χ1v) is 6.62. The average molecular weight is 308 g/mol. The highest BCUT2D eigenvalue weighted by Crippen LogP contribution is 2.28. The summed E-state index contributed by atoms with van der Waals surface area (Å²) in [6.07, 6.45) is 1.75. The van der Waals surface area contributed by atoms with Crippen LogP contribution in [0.5, 0.6) is 0 Å². The summed E-state index contributed by atoms with van der Waals surface area (Å²) in [5.74, 6) is 0.135. The molecule has 1 aromatic rings. The standard InChI is InChI=1S/C12H13BrClFO/c13-11-3-4-16-7-9(11)5-8-6-10(15)1-2-12(8)14/h1-2,6,9,11H,3-5,7H2. The van der Waals surface area contributed by atoms with E-state index in [1.807, 2.05) is 0 Å². The Balaban J connectivity index is 2.10. The van der Waals surface area contributed by atoms with Gasteiger partial charge in [-0.05, 0) is 42.5 Å². The van der Waals surface area contributed by atoms with Crippen LogP contribution in [-0.2, 0) is 11.2 Å². The predicted octanol–water partition coefficient (Wildman–Crippen LogP) is 3.82. The maximum atomic E-state index is 13.1. The zero-order chi connectivity index (χ0) is 11.5. The summed E-state index contributed by atoms with van der Waals surface area (Å²) in [7, 11) is 0. The molecular weight excluding hydrogens is 294 g/mol. The molecule has 0 amide bonds. The first kappa shape index (κ1) is 12.3. The molecule has 88 valence electrons. The number of ether oxygens (including phenoxy) is 1. The van der Waals surface area contributed by atoms with Gasteiger partial charge < -0.3 is 4.74 Å². The fourth-order valence-corrected chi connectivity index (χ4v) is 2.66. The summed E-state index contributed by atoms with van der Waals surface area (Å²) in [5.41, 5.74) is 0.863. The minimum atomic E-state index is -0.234. The molecule has 2 rings (SSSR count). The topological polar surface area (TPSA) is 9.23 Å². The number of hydrogen-bond acceptors (Lipinski definition) is 1. The maximum Gasteiger partial charge on any atom is 0.123 e. The van der Waals surface area contributed by atoms with E-state index in [2.05, 4.69) is 15.9 Å². The largest absolute Gasteiger partial charge is 0.381 e. The Morgan fingerprint density at radius 3 is 3.06 bits per heavy atom. The third kappa shape index (κ3) is 2.96. The lowest BCUT2D eigenvalue weighted by molar-refractivity contribution is 0.0605. The van der Waals surface area contributed by atoms with Gasteiger partial charge in [0.25, 0.3) is 0 Å². The van der Waals surface area contributed by atoms with Crippen LogP contribution in [0.1, 0.15) is 12.0 Å². The van der Waals surface area contributed by atoms with Gasteiger partial charge in [-0.15, -0.1) is 0 Å². The molecule has 4 heteroatoms. The van der Waals surface area contributed by atoms with E-state index < -0.39 is 0 Å². The molecule has 2 unspecified atom stereocenters. The molecule has 0 spiro atoms. The van der Waals surface area contributed by atoms with Crippen LogP contribution >= 0.6 is 27.5 Å². The lowest BCUT2D eigenvalue weighted by atomic mass is 9.94. The highest BCUT2D eigenvalue weighted by molar-refractivity contribution is 9.09. The van der Waals surface area contributed by atoms with Crippen molar-refractivity contribution in [3.63, 3.8) is 0 Å². The van der Waals surface area contributed by atoms with Crippen LogP contribution in [0.25, 0.3) is 0 Å². The van der Waals surface area contributed by atoms with Gasteiger partial charge in [0, 0.05) is 16.5 Å². The van der Waals surface area contributed by atoms with E-state index in [4.69, 9.17) is 16.3 Å². The molecule has 0 N–H and O–H groups in total. The van der Waals surface area contributed by atoms with E-state index >= 15 is 0 Å². The zero-order valence-corrected chi connectivity index (χ0v) is 11.1. The first-order chi connectivity index (χ1) is 7.66.